The Labute approximate surface area is 167 Å². The molecule has 2 aromatic carbocycles. The largest absolute Gasteiger partial charge is 0.502 e. The number of carbonyl (C=O) groups excluding carboxylic acids is 1. The lowest BCUT2D eigenvalue weighted by Crippen LogP contribution is -2.36. The van der Waals surface area contributed by atoms with Crippen LogP contribution in [0.5, 0.6) is 28.7 Å². The van der Waals surface area contributed by atoms with Crippen LogP contribution in [0.1, 0.15) is 22.6 Å². The molecule has 0 amide bonds. The van der Waals surface area contributed by atoms with Crippen LogP contribution >= 0.6 is 0 Å². The Morgan fingerprint density at radius 3 is 2.41 bits per heavy atom. The van der Waals surface area contributed by atoms with Crippen LogP contribution in [0, 0.1) is 5.92 Å². The molecule has 0 spiro atoms. The Bertz CT molecular complexity index is 964. The highest BCUT2D eigenvalue weighted by atomic mass is 16.7. The van der Waals surface area contributed by atoms with E-state index in [4.69, 9.17) is 23.7 Å². The van der Waals surface area contributed by atoms with Crippen molar-refractivity contribution in [3.05, 3.63) is 41.0 Å². The molecule has 152 valence electrons. The Morgan fingerprint density at radius 1 is 1.03 bits per heavy atom. The van der Waals surface area contributed by atoms with Gasteiger partial charge in [-0.1, -0.05) is 0 Å². The molecule has 0 unspecified atom stereocenters. The van der Waals surface area contributed by atoms with Gasteiger partial charge in [-0.3, -0.25) is 4.79 Å². The van der Waals surface area contributed by atoms with Gasteiger partial charge in [0.2, 0.25) is 12.5 Å². The fraction of sp³-hybridized carbons (Fsp3) is 0.381. The third kappa shape index (κ3) is 2.74. The predicted molar refractivity (Wildman–Crippen MR) is 101 cm³/mol. The van der Waals surface area contributed by atoms with E-state index in [1.165, 1.54) is 14.2 Å². The predicted octanol–water partition coefficient (Wildman–Crippen LogP) is 1.91. The SMILES string of the molecule is COc1cc([C@@H]2c3cc4c(cc3CN[C@H]3COC(=O)[C@H]23)OCO4)cc(OC)c1O. The van der Waals surface area contributed by atoms with Gasteiger partial charge in [-0.25, -0.2) is 0 Å². The van der Waals surface area contributed by atoms with Crippen molar-refractivity contribution in [3.63, 3.8) is 0 Å². The number of phenols is 1. The van der Waals surface area contributed by atoms with Crippen LogP contribution in [-0.2, 0) is 16.1 Å². The highest BCUT2D eigenvalue weighted by molar-refractivity contribution is 5.78. The summed E-state index contributed by atoms with van der Waals surface area (Å²) in [4.78, 5) is 12.7. The van der Waals surface area contributed by atoms with Crippen molar-refractivity contribution in [3.8, 4) is 28.7 Å². The van der Waals surface area contributed by atoms with Gasteiger partial charge in [0.1, 0.15) is 6.61 Å². The van der Waals surface area contributed by atoms with E-state index in [1.54, 1.807) is 12.1 Å². The van der Waals surface area contributed by atoms with Crippen molar-refractivity contribution in [2.45, 2.75) is 18.5 Å². The number of fused-ring (bicyclic) bond motifs is 3. The number of hydrogen-bond donors (Lipinski definition) is 2. The lowest BCUT2D eigenvalue weighted by Gasteiger charge is -2.25. The van der Waals surface area contributed by atoms with Crippen molar-refractivity contribution in [1.82, 2.24) is 5.32 Å². The number of aromatic hydroxyl groups is 1. The van der Waals surface area contributed by atoms with Crippen LogP contribution < -0.4 is 24.3 Å². The van der Waals surface area contributed by atoms with E-state index in [0.29, 0.717) is 24.7 Å². The first kappa shape index (κ1) is 17.9. The molecule has 8 nitrogen and oxygen atoms in total. The highest BCUT2D eigenvalue weighted by Crippen LogP contribution is 2.48. The molecule has 5 rings (SSSR count). The smallest absolute Gasteiger partial charge is 0.311 e. The van der Waals surface area contributed by atoms with Crippen molar-refractivity contribution < 1.29 is 33.6 Å². The molecule has 0 aromatic heterocycles. The van der Waals surface area contributed by atoms with E-state index >= 15 is 0 Å². The quantitative estimate of drug-likeness (QED) is 0.756. The summed E-state index contributed by atoms with van der Waals surface area (Å²) < 4.78 is 27.2. The normalized spacial score (nSPS) is 24.3. The summed E-state index contributed by atoms with van der Waals surface area (Å²) in [5.41, 5.74) is 2.75. The van der Waals surface area contributed by atoms with Crippen molar-refractivity contribution >= 4 is 5.97 Å². The van der Waals surface area contributed by atoms with E-state index in [9.17, 15) is 9.90 Å². The minimum absolute atomic E-state index is 0.0815. The molecular formula is C21H21NO7. The molecule has 3 atom stereocenters. The van der Waals surface area contributed by atoms with Gasteiger partial charge in [-0.15, -0.1) is 0 Å². The second-order valence-electron chi connectivity index (χ2n) is 7.30. The number of rotatable bonds is 3. The van der Waals surface area contributed by atoms with Gasteiger partial charge in [0.05, 0.1) is 26.2 Å². The number of esters is 1. The molecule has 0 saturated carbocycles. The average Bonchev–Trinajstić information content (AvgIpc) is 3.29. The first-order chi connectivity index (χ1) is 14.1. The van der Waals surface area contributed by atoms with E-state index in [0.717, 1.165) is 16.7 Å². The first-order valence-electron chi connectivity index (χ1n) is 9.38. The number of benzene rings is 2. The number of hydrogen-bond acceptors (Lipinski definition) is 8. The maximum Gasteiger partial charge on any atom is 0.311 e. The molecule has 3 heterocycles. The van der Waals surface area contributed by atoms with Crippen LogP contribution in [0.2, 0.25) is 0 Å². The Balaban J connectivity index is 1.73. The van der Waals surface area contributed by atoms with E-state index in [1.807, 2.05) is 12.1 Å². The van der Waals surface area contributed by atoms with Gasteiger partial charge in [0, 0.05) is 12.5 Å². The Morgan fingerprint density at radius 2 is 1.72 bits per heavy atom. The van der Waals surface area contributed by atoms with Crippen molar-refractivity contribution in [2.24, 2.45) is 5.92 Å². The molecule has 2 aromatic rings. The number of phenolic OH excluding ortho intramolecular Hbond substituents is 1. The van der Waals surface area contributed by atoms with Gasteiger partial charge < -0.3 is 34.1 Å². The molecule has 3 aliphatic heterocycles. The standard InChI is InChI=1S/C21H21NO7/c1-25-16-3-10(4-17(26-2)20(16)23)18-12-6-15-14(28-9-29-15)5-11(12)7-22-13-8-27-21(24)19(13)18/h3-6,13,18-19,22-23H,7-9H2,1-2H3/t13-,18+,19-/m0/s1. The third-order valence-corrected chi connectivity index (χ3v) is 5.86. The minimum atomic E-state index is -0.435. The second-order valence-corrected chi connectivity index (χ2v) is 7.30. The molecule has 1 fully saturated rings. The molecule has 8 heteroatoms. The first-order valence-corrected chi connectivity index (χ1v) is 9.38. The summed E-state index contributed by atoms with van der Waals surface area (Å²) in [6.45, 7) is 1.06. The molecular weight excluding hydrogens is 378 g/mol. The topological polar surface area (TPSA) is 95.5 Å². The van der Waals surface area contributed by atoms with Crippen LogP contribution in [0.25, 0.3) is 0 Å². The van der Waals surface area contributed by atoms with Gasteiger partial charge >= 0.3 is 5.97 Å². The van der Waals surface area contributed by atoms with Crippen LogP contribution in [-0.4, -0.2) is 44.7 Å². The van der Waals surface area contributed by atoms with Gasteiger partial charge in [-0.05, 0) is 41.0 Å². The molecule has 29 heavy (non-hydrogen) atoms. The minimum Gasteiger partial charge on any atom is -0.502 e. The van der Waals surface area contributed by atoms with Crippen LogP contribution in [0.3, 0.4) is 0 Å². The number of cyclic esters (lactones) is 1. The number of methoxy groups -OCH3 is 2. The van der Waals surface area contributed by atoms with E-state index in [-0.39, 0.29) is 42.0 Å². The summed E-state index contributed by atoms with van der Waals surface area (Å²) in [6, 6.07) is 7.24. The molecule has 0 aliphatic carbocycles. The van der Waals surface area contributed by atoms with Crippen molar-refractivity contribution in [1.29, 1.82) is 0 Å². The summed E-state index contributed by atoms with van der Waals surface area (Å²) in [7, 11) is 2.96. The third-order valence-electron chi connectivity index (χ3n) is 5.86. The molecule has 0 radical (unpaired) electrons. The van der Waals surface area contributed by atoms with E-state index in [2.05, 4.69) is 5.32 Å². The average molecular weight is 399 g/mol. The van der Waals surface area contributed by atoms with Gasteiger partial charge in [0.15, 0.2) is 23.0 Å². The summed E-state index contributed by atoms with van der Waals surface area (Å²) in [5.74, 6) is 0.791. The fourth-order valence-electron chi connectivity index (χ4n) is 4.45. The fourth-order valence-corrected chi connectivity index (χ4v) is 4.45. The summed E-state index contributed by atoms with van der Waals surface area (Å²) in [6.07, 6.45) is 0. The summed E-state index contributed by atoms with van der Waals surface area (Å²) >= 11 is 0. The number of ether oxygens (including phenoxy) is 5. The van der Waals surface area contributed by atoms with E-state index < -0.39 is 5.92 Å². The summed E-state index contributed by atoms with van der Waals surface area (Å²) in [5, 5.41) is 13.8. The number of nitrogens with one attached hydrogen (secondary N) is 1. The Hall–Kier alpha value is -3.13. The van der Waals surface area contributed by atoms with Gasteiger partial charge in [-0.2, -0.15) is 0 Å². The van der Waals surface area contributed by atoms with Gasteiger partial charge in [0.25, 0.3) is 0 Å². The zero-order chi connectivity index (χ0) is 20.1. The lowest BCUT2D eigenvalue weighted by atomic mass is 9.77. The van der Waals surface area contributed by atoms with Crippen LogP contribution in [0.15, 0.2) is 24.3 Å². The second kappa shape index (κ2) is 6.73. The zero-order valence-corrected chi connectivity index (χ0v) is 16.1. The number of carbonyl (C=O) groups is 1. The molecule has 2 N–H and O–H groups in total. The molecule has 3 aliphatic rings. The van der Waals surface area contributed by atoms with Crippen molar-refractivity contribution in [2.75, 3.05) is 27.6 Å². The maximum absolute atomic E-state index is 12.7. The molecule has 1 saturated heterocycles. The molecule has 0 bridgehead atoms. The Kier molecular flexibility index (Phi) is 4.16. The zero-order valence-electron chi connectivity index (χ0n) is 16.1. The highest BCUT2D eigenvalue weighted by Gasteiger charge is 2.46. The monoisotopic (exact) mass is 399 g/mol. The van der Waals surface area contributed by atoms with Crippen LogP contribution in [0.4, 0.5) is 0 Å². The lowest BCUT2D eigenvalue weighted by molar-refractivity contribution is -0.141. The maximum atomic E-state index is 12.7.